The molecule has 6 heterocycles. The maximum Gasteiger partial charge on any atom is 0.0980 e. The van der Waals surface area contributed by atoms with Crippen LogP contribution < -0.4 is 5.30 Å². The van der Waals surface area contributed by atoms with Gasteiger partial charge in [-0.25, -0.2) is 0 Å². The molecule has 0 nitrogen and oxygen atoms in total. The van der Waals surface area contributed by atoms with E-state index in [0.717, 1.165) is 41.2 Å². The largest absolute Gasteiger partial charge is 0.0980 e. The van der Waals surface area contributed by atoms with Gasteiger partial charge in [0.1, 0.15) is 0 Å². The Morgan fingerprint density at radius 1 is 0.806 bits per heavy atom. The lowest BCUT2D eigenvalue weighted by Crippen LogP contribution is -2.48. The first-order valence-corrected chi connectivity index (χ1v) is 21.4. The molecule has 3 heteroatoms. The summed E-state index contributed by atoms with van der Waals surface area (Å²) in [5, 5.41) is 2.04. The standard InChI is InChI=1S/C28H43P2Si/c1-31(2,3)18-19-4-5-26(28-25-10-20-6-21(11-25)14-29(28)13-20)27(12-19)30-15-22-7-23(16-30)9-24(8-22)17-30/h4-5,12,20-25,28H,6-11,13-18H2,1-3H3/q+1. The molecule has 0 aromatic heterocycles. The highest BCUT2D eigenvalue weighted by molar-refractivity contribution is 7.83. The lowest BCUT2D eigenvalue weighted by molar-refractivity contribution is 0.186. The smallest absolute Gasteiger partial charge is 0.0980 e. The second-order valence-corrected chi connectivity index (χ2v) is 26.0. The fraction of sp³-hybridized carbons (Fsp3) is 0.786. The van der Waals surface area contributed by atoms with Gasteiger partial charge >= 0.3 is 0 Å². The fourth-order valence-corrected chi connectivity index (χ4v) is 21.6. The Bertz CT molecular complexity index is 820. The van der Waals surface area contributed by atoms with E-state index in [9.17, 15) is 0 Å². The SMILES string of the molecule is C[Si](C)(C)Cc1ccc(C2C3CC4CC(C3)CP2C4)c([P+]23CC4CC(CC(C4)C2)C3)c1. The summed E-state index contributed by atoms with van der Waals surface area (Å²) in [4.78, 5) is 0. The van der Waals surface area contributed by atoms with E-state index < -0.39 is 15.3 Å². The topological polar surface area (TPSA) is 0 Å². The minimum atomic E-state index is -1.08. The minimum Gasteiger partial charge on any atom is -0.0980 e. The molecule has 0 radical (unpaired) electrons. The highest BCUT2D eigenvalue weighted by Crippen LogP contribution is 2.75. The molecule has 8 aliphatic rings. The fourth-order valence-electron chi connectivity index (χ4n) is 10.0. The molecule has 0 N–H and O–H groups in total. The molecule has 9 rings (SSSR count). The van der Waals surface area contributed by atoms with E-state index in [-0.39, 0.29) is 7.92 Å². The van der Waals surface area contributed by atoms with Crippen LogP contribution in [0.1, 0.15) is 55.3 Å². The zero-order valence-corrected chi connectivity index (χ0v) is 22.9. The summed E-state index contributed by atoms with van der Waals surface area (Å²) in [5.41, 5.74) is 4.70. The number of hydrogen-bond acceptors (Lipinski definition) is 0. The third-order valence-corrected chi connectivity index (χ3v) is 20.2. The van der Waals surface area contributed by atoms with E-state index >= 15 is 0 Å². The highest BCUT2D eigenvalue weighted by atomic mass is 31.2. The van der Waals surface area contributed by atoms with Gasteiger partial charge in [0.25, 0.3) is 0 Å². The Labute approximate surface area is 193 Å². The predicted molar refractivity (Wildman–Crippen MR) is 143 cm³/mol. The molecule has 3 atom stereocenters. The summed E-state index contributed by atoms with van der Waals surface area (Å²) in [6, 6.07) is 9.67. The molecule has 0 amide bonds. The Hall–Kier alpha value is 0.297. The van der Waals surface area contributed by atoms with Gasteiger partial charge in [0.15, 0.2) is 0 Å². The van der Waals surface area contributed by atoms with Gasteiger partial charge in [-0.1, -0.05) is 39.7 Å². The molecule has 0 spiro atoms. The van der Waals surface area contributed by atoms with E-state index in [4.69, 9.17) is 0 Å². The van der Waals surface area contributed by atoms with Gasteiger partial charge in [-0.05, 0) is 104 Å². The van der Waals surface area contributed by atoms with Crippen molar-refractivity contribution in [1.82, 2.24) is 0 Å². The first-order chi connectivity index (χ1) is 14.8. The summed E-state index contributed by atoms with van der Waals surface area (Å²) in [7, 11) is -1.71. The van der Waals surface area contributed by atoms with Crippen molar-refractivity contribution >= 4 is 28.6 Å². The zero-order chi connectivity index (χ0) is 21.0. The molecule has 31 heavy (non-hydrogen) atoms. The Balaban J connectivity index is 1.33. The first-order valence-electron chi connectivity index (χ1n) is 13.6. The third-order valence-electron chi connectivity index (χ3n) is 10.2. The van der Waals surface area contributed by atoms with Gasteiger partial charge in [-0.15, -0.1) is 0 Å². The molecule has 3 unspecified atom stereocenters. The van der Waals surface area contributed by atoms with Crippen molar-refractivity contribution in [2.24, 2.45) is 35.5 Å². The van der Waals surface area contributed by atoms with E-state index in [0.29, 0.717) is 0 Å². The predicted octanol–water partition coefficient (Wildman–Crippen LogP) is 7.39. The van der Waals surface area contributed by atoms with Crippen molar-refractivity contribution in [3.63, 3.8) is 0 Å². The van der Waals surface area contributed by atoms with Crippen LogP contribution in [0.2, 0.25) is 19.6 Å². The van der Waals surface area contributed by atoms with E-state index in [1.54, 1.807) is 74.9 Å². The lowest BCUT2D eigenvalue weighted by atomic mass is 9.73. The number of benzene rings is 1. The average molecular weight is 470 g/mol. The maximum atomic E-state index is 2.88. The maximum absolute atomic E-state index is 2.88. The van der Waals surface area contributed by atoms with E-state index in [2.05, 4.69) is 37.8 Å². The minimum absolute atomic E-state index is 0.281. The molecule has 2 aliphatic carbocycles. The van der Waals surface area contributed by atoms with E-state index in [1.807, 2.05) is 10.9 Å². The molecule has 8 fully saturated rings. The van der Waals surface area contributed by atoms with Crippen LogP contribution in [0.15, 0.2) is 18.2 Å². The van der Waals surface area contributed by atoms with Gasteiger partial charge in [0.2, 0.25) is 0 Å². The van der Waals surface area contributed by atoms with E-state index in [1.165, 1.54) is 6.04 Å². The summed E-state index contributed by atoms with van der Waals surface area (Å²) in [5.74, 6) is 6.65. The molecular weight excluding hydrogens is 426 g/mol. The van der Waals surface area contributed by atoms with Crippen molar-refractivity contribution in [3.05, 3.63) is 29.3 Å². The average Bonchev–Trinajstić information content (AvgIpc) is 2.66. The van der Waals surface area contributed by atoms with Crippen LogP contribution in [-0.2, 0) is 6.04 Å². The first kappa shape index (κ1) is 20.7. The van der Waals surface area contributed by atoms with Gasteiger partial charge in [0.05, 0.1) is 23.8 Å². The van der Waals surface area contributed by atoms with Crippen LogP contribution in [0.5, 0.6) is 0 Å². The molecule has 2 saturated carbocycles. The molecule has 6 aliphatic heterocycles. The van der Waals surface area contributed by atoms with Crippen molar-refractivity contribution < 1.29 is 0 Å². The number of hydrogen-bond donors (Lipinski definition) is 0. The van der Waals surface area contributed by atoms with Gasteiger partial charge in [-0.2, -0.15) is 0 Å². The normalized spacial score (nSPS) is 47.3. The summed E-state index contributed by atoms with van der Waals surface area (Å²) in [6.45, 7) is 7.71. The quantitative estimate of drug-likeness (QED) is 0.318. The lowest BCUT2D eigenvalue weighted by Gasteiger charge is -2.56. The summed E-state index contributed by atoms with van der Waals surface area (Å²) in [6.07, 6.45) is 17.8. The second-order valence-electron chi connectivity index (χ2n) is 14.2. The molecule has 8 bridgehead atoms. The second kappa shape index (κ2) is 7.15. The molecular formula is C28H43P2Si+. The van der Waals surface area contributed by atoms with Crippen molar-refractivity contribution in [1.29, 1.82) is 0 Å². The van der Waals surface area contributed by atoms with Crippen molar-refractivity contribution in [2.75, 3.05) is 30.8 Å². The van der Waals surface area contributed by atoms with Crippen molar-refractivity contribution in [3.8, 4) is 0 Å². The van der Waals surface area contributed by atoms with Crippen LogP contribution >= 0.6 is 15.2 Å². The molecule has 168 valence electrons. The summed E-state index contributed by atoms with van der Waals surface area (Å²) >= 11 is 0. The van der Waals surface area contributed by atoms with Gasteiger partial charge in [0, 0.05) is 26.6 Å². The van der Waals surface area contributed by atoms with Crippen LogP contribution in [0.25, 0.3) is 0 Å². The number of rotatable bonds is 4. The molecule has 1 aromatic rings. The van der Waals surface area contributed by atoms with Gasteiger partial charge < -0.3 is 0 Å². The zero-order valence-electron chi connectivity index (χ0n) is 20.2. The Morgan fingerprint density at radius 2 is 1.39 bits per heavy atom. The monoisotopic (exact) mass is 469 g/mol. The highest BCUT2D eigenvalue weighted by Gasteiger charge is 2.59. The van der Waals surface area contributed by atoms with Gasteiger partial charge in [-0.3, -0.25) is 0 Å². The van der Waals surface area contributed by atoms with Crippen LogP contribution in [0, 0.1) is 35.5 Å². The Morgan fingerprint density at radius 3 is 1.94 bits per heavy atom. The Kier molecular flexibility index (Phi) is 4.76. The molecule has 1 aromatic carbocycles. The van der Waals surface area contributed by atoms with Crippen LogP contribution in [0.3, 0.4) is 0 Å². The summed E-state index contributed by atoms with van der Waals surface area (Å²) < 4.78 is 0. The van der Waals surface area contributed by atoms with Crippen molar-refractivity contribution in [2.45, 2.75) is 69.9 Å². The molecule has 6 saturated heterocycles. The van der Waals surface area contributed by atoms with Crippen LogP contribution in [0.4, 0.5) is 0 Å². The van der Waals surface area contributed by atoms with Crippen LogP contribution in [-0.4, -0.2) is 38.9 Å². The third kappa shape index (κ3) is 3.50.